The van der Waals surface area contributed by atoms with Crippen LogP contribution in [0, 0.1) is 0 Å². The molecule has 0 fully saturated rings. The number of carbonyl (C=O) groups excluding carboxylic acids is 2. The van der Waals surface area contributed by atoms with Gasteiger partial charge < -0.3 is 73.7 Å². The predicted molar refractivity (Wildman–Crippen MR) is 157 cm³/mol. The van der Waals surface area contributed by atoms with E-state index in [0.29, 0.717) is 82.5 Å². The zero-order valence-electron chi connectivity index (χ0n) is 24.6. The van der Waals surface area contributed by atoms with E-state index in [1.54, 1.807) is 0 Å². The van der Waals surface area contributed by atoms with Gasteiger partial charge in [0.15, 0.2) is 0 Å². The van der Waals surface area contributed by atoms with E-state index >= 15 is 0 Å². The summed E-state index contributed by atoms with van der Waals surface area (Å²) in [6, 6.07) is 0. The van der Waals surface area contributed by atoms with Gasteiger partial charge in [0, 0.05) is 146 Å². The number of aliphatic imine (C=N–C) groups is 3. The number of fused-ring (bicyclic) bond motifs is 3. The number of carbonyl (C=O) groups is 2. The molecule has 0 aliphatic carbocycles. The van der Waals surface area contributed by atoms with Crippen molar-refractivity contribution in [3.05, 3.63) is 73.3 Å². The van der Waals surface area contributed by atoms with Crippen LogP contribution in [-0.4, -0.2) is 57.4 Å². The predicted octanol–water partition coefficient (Wildman–Crippen LogP) is -2.79. The van der Waals surface area contributed by atoms with Crippen molar-refractivity contribution in [1.29, 1.82) is 0 Å². The van der Waals surface area contributed by atoms with Gasteiger partial charge in [-0.25, -0.2) is 15.0 Å². The Balaban J connectivity index is 0.000000340. The molecule has 3 radical (unpaired) electrons. The number of nitrogens with zero attached hydrogens (tertiary/aromatic N) is 9. The number of amidine groups is 3. The molecule has 0 aromatic carbocycles. The standard InChI is InChI=1S/2C9H12N6O.C6H6N5.3Y/c2*1-5-13-8-7(11-4-12-8)9(14-5)15-6(16)2-3-10;1-3-10-5(7)4-6(11-3)9-2-8-4;;;/h2*4H,1-3,10H2,(H3,11,12,13,14,15,16);2,11H,1H2,(H2-,7,8,9,10);;;/q;;-1;;;/p-1. The van der Waals surface area contributed by atoms with E-state index in [0.717, 1.165) is 0 Å². The van der Waals surface area contributed by atoms with Gasteiger partial charge in [0.25, 0.3) is 0 Å². The molecule has 0 bridgehead atoms. The molecule has 0 saturated heterocycles. The number of nitrogens with one attached hydrogen (secondary N) is 5. The largest absolute Gasteiger partial charge is 0.399 e. The number of imidazole rings is 3. The van der Waals surface area contributed by atoms with Crippen LogP contribution in [0.2, 0.25) is 0 Å². The van der Waals surface area contributed by atoms with Gasteiger partial charge in [0.05, 0.1) is 30.4 Å². The number of nitrogens with two attached hydrogens (primary N) is 2. The number of rotatable bonds is 4. The molecule has 6 heterocycles. The number of hydrogen-bond donors (Lipinski definition) is 8. The Labute approximate surface area is 338 Å². The molecule has 0 saturated carbocycles. The maximum absolute atomic E-state index is 11.4. The smallest absolute Gasteiger partial charge is 0.231 e. The molecule has 0 spiro atoms. The minimum absolute atomic E-state index is 0. The van der Waals surface area contributed by atoms with Crippen LogP contribution in [0.25, 0.3) is 0 Å². The quantitative estimate of drug-likeness (QED) is 0.132. The van der Waals surface area contributed by atoms with Gasteiger partial charge in [0.2, 0.25) is 11.8 Å². The molecule has 46 heavy (non-hydrogen) atoms. The van der Waals surface area contributed by atoms with Crippen LogP contribution in [-0.2, 0) is 108 Å². The molecule has 0 unspecified atom stereocenters. The summed E-state index contributed by atoms with van der Waals surface area (Å²) in [5, 5.41) is 13.8. The maximum atomic E-state index is 11.4. The van der Waals surface area contributed by atoms with Gasteiger partial charge in [0.1, 0.15) is 17.5 Å². The van der Waals surface area contributed by atoms with Crippen molar-refractivity contribution in [2.45, 2.75) is 12.8 Å². The molecule has 19 nitrogen and oxygen atoms in total. The normalized spacial score (nSPS) is 13.3. The summed E-state index contributed by atoms with van der Waals surface area (Å²) in [5.41, 5.74) is 16.1. The average Bonchev–Trinajstić information content (AvgIpc) is 3.70. The summed E-state index contributed by atoms with van der Waals surface area (Å²) in [6.07, 6.45) is 4.81. The Hall–Kier alpha value is -2.77. The fraction of sp³-hybridized carbons (Fsp3) is 0.167. The topological polar surface area (TPSA) is 292 Å². The van der Waals surface area contributed by atoms with Crippen LogP contribution in [0.1, 0.15) is 29.9 Å². The van der Waals surface area contributed by atoms with Gasteiger partial charge in [-0.3, -0.25) is 9.59 Å². The van der Waals surface area contributed by atoms with Crippen LogP contribution in [0.5, 0.6) is 0 Å². The summed E-state index contributed by atoms with van der Waals surface area (Å²) in [7, 11) is 0. The number of aromatic nitrogens is 6. The second kappa shape index (κ2) is 19.8. The van der Waals surface area contributed by atoms with Crippen LogP contribution in [0.3, 0.4) is 0 Å². The zero-order chi connectivity index (χ0) is 30.9. The molecule has 22 heteroatoms. The third kappa shape index (κ3) is 11.2. The minimum atomic E-state index is -0.204. The monoisotopic (exact) mass is 854 g/mol. The first kappa shape index (κ1) is 41.3. The second-order valence-electron chi connectivity index (χ2n) is 8.58. The molecule has 12 N–H and O–H groups in total. The first-order valence-corrected chi connectivity index (χ1v) is 12.6. The van der Waals surface area contributed by atoms with Crippen molar-refractivity contribution in [2.75, 3.05) is 29.0 Å². The molecule has 3 aliphatic rings. The van der Waals surface area contributed by atoms with E-state index in [9.17, 15) is 9.59 Å². The van der Waals surface area contributed by atoms with E-state index in [1.165, 1.54) is 19.0 Å². The molecule has 3 aliphatic heterocycles. The van der Waals surface area contributed by atoms with Crippen LogP contribution >= 0.6 is 0 Å². The summed E-state index contributed by atoms with van der Waals surface area (Å²) >= 11 is 0. The number of amides is 2. The molecular formula is C24H29N17O2Y3-2. The molecular weight excluding hydrogens is 825 g/mol. The van der Waals surface area contributed by atoms with Crippen molar-refractivity contribution in [3.63, 3.8) is 0 Å². The first-order chi connectivity index (χ1) is 20.7. The third-order valence-electron chi connectivity index (χ3n) is 5.31. The summed E-state index contributed by atoms with van der Waals surface area (Å²) in [6.45, 7) is 11.7. The Morgan fingerprint density at radius 3 is 1.54 bits per heavy atom. The van der Waals surface area contributed by atoms with E-state index in [2.05, 4.69) is 96.9 Å². The van der Waals surface area contributed by atoms with Crippen LogP contribution in [0.4, 0.5) is 17.5 Å². The van der Waals surface area contributed by atoms with Crippen molar-refractivity contribution in [3.8, 4) is 0 Å². The van der Waals surface area contributed by atoms with E-state index in [4.69, 9.17) is 11.5 Å². The number of anilines is 3. The van der Waals surface area contributed by atoms with Crippen molar-refractivity contribution >= 4 is 46.8 Å². The fourth-order valence-corrected chi connectivity index (χ4v) is 3.53. The van der Waals surface area contributed by atoms with Crippen molar-refractivity contribution < 1.29 is 113 Å². The average molecular weight is 854 g/mol. The Morgan fingerprint density at radius 1 is 0.717 bits per heavy atom. The van der Waals surface area contributed by atoms with E-state index in [-0.39, 0.29) is 123 Å². The SMILES string of the molecule is C=C1N=C(N)c2nc[n-]c2N1.C=C1N=C(NC(=O)CCN)c2nc[n-]c2N1.C=C1N=C(NC(=O)CC[NH3+])c2nc[n-]c2N1.[Y].[Y].[Y]. The summed E-state index contributed by atoms with van der Waals surface area (Å²) in [4.78, 5) is 58.6. The zero-order valence-corrected chi connectivity index (χ0v) is 33.1. The van der Waals surface area contributed by atoms with E-state index < -0.39 is 0 Å². The molecule has 0 atom stereocenters. The minimum Gasteiger partial charge on any atom is -0.399 e. The molecule has 3 aromatic rings. The molecule has 3 aromatic heterocycles. The summed E-state index contributed by atoms with van der Waals surface area (Å²) in [5.74, 6) is 3.83. The third-order valence-corrected chi connectivity index (χ3v) is 5.31. The molecule has 233 valence electrons. The maximum Gasteiger partial charge on any atom is 0.231 e. The molecule has 6 rings (SSSR count). The number of hydrogen-bond acceptors (Lipinski definition) is 13. The second-order valence-corrected chi connectivity index (χ2v) is 8.58. The molecule has 2 amide bonds. The first-order valence-electron chi connectivity index (χ1n) is 12.6. The van der Waals surface area contributed by atoms with Gasteiger partial charge >= 0.3 is 0 Å². The Kier molecular flexibility index (Phi) is 17.7. The van der Waals surface area contributed by atoms with Crippen molar-refractivity contribution in [2.24, 2.45) is 26.4 Å². The Morgan fingerprint density at radius 2 is 1.11 bits per heavy atom. The summed E-state index contributed by atoms with van der Waals surface area (Å²) < 4.78 is 0. The van der Waals surface area contributed by atoms with Crippen LogP contribution < -0.4 is 58.7 Å². The Bertz CT molecular complexity index is 1570. The van der Waals surface area contributed by atoms with Gasteiger partial charge in [-0.15, -0.1) is 0 Å². The van der Waals surface area contributed by atoms with Gasteiger partial charge in [-0.2, -0.15) is 0 Å². The number of quaternary nitrogens is 1. The fourth-order valence-electron chi connectivity index (χ4n) is 3.53. The van der Waals surface area contributed by atoms with Crippen molar-refractivity contribution in [1.82, 2.24) is 40.5 Å². The van der Waals surface area contributed by atoms with Crippen LogP contribution in [0.15, 0.2) is 71.2 Å². The van der Waals surface area contributed by atoms with Gasteiger partial charge in [-0.05, 0) is 19.0 Å². The van der Waals surface area contributed by atoms with Gasteiger partial charge in [-0.1, -0.05) is 19.7 Å². The van der Waals surface area contributed by atoms with E-state index in [1.807, 2.05) is 0 Å².